The Balaban J connectivity index is 0.000000403. The van der Waals surface area contributed by atoms with Crippen LogP contribution in [0.15, 0.2) is 48.5 Å². The van der Waals surface area contributed by atoms with Crippen LogP contribution in [0.1, 0.15) is 0 Å². The van der Waals surface area contributed by atoms with Crippen molar-refractivity contribution in [2.45, 2.75) is 0 Å². The Kier molecular flexibility index (Phi) is 8.80. The minimum absolute atomic E-state index is 0. The summed E-state index contributed by atoms with van der Waals surface area (Å²) in [4.78, 5) is 19.8. The molecule has 0 aliphatic rings. The van der Waals surface area contributed by atoms with Crippen LogP contribution >= 0.6 is 0 Å². The van der Waals surface area contributed by atoms with Crippen LogP contribution in [0.5, 0.6) is 11.5 Å². The minimum atomic E-state index is -1.57. The van der Waals surface area contributed by atoms with Gasteiger partial charge >= 0.3 is 19.5 Å². The van der Waals surface area contributed by atoms with E-state index in [0.717, 1.165) is 0 Å². The molecular formula is C14H12N2O6Zn. The molecule has 0 heterocycles. The van der Waals surface area contributed by atoms with Gasteiger partial charge in [0, 0.05) is 11.4 Å². The first kappa shape index (κ1) is 20.2. The van der Waals surface area contributed by atoms with E-state index in [-0.39, 0.29) is 31.0 Å². The van der Waals surface area contributed by atoms with Gasteiger partial charge in [0.2, 0.25) is 0 Å². The van der Waals surface area contributed by atoms with Gasteiger partial charge in [-0.3, -0.25) is 0 Å². The summed E-state index contributed by atoms with van der Waals surface area (Å²) in [5.41, 5.74) is 11.8. The Morgan fingerprint density at radius 3 is 1.17 bits per heavy atom. The molecule has 0 aliphatic heterocycles. The Labute approximate surface area is 144 Å². The quantitative estimate of drug-likeness (QED) is 0.324. The number of carbonyl (C=O) groups excluding carboxylic acids is 2. The maximum absolute atomic E-state index is 9.89. The molecular weight excluding hydrogens is 358 g/mol. The summed E-state index contributed by atoms with van der Waals surface area (Å²) in [6.07, 6.45) is -3.15. The van der Waals surface area contributed by atoms with Crippen LogP contribution in [-0.2, 0) is 19.5 Å². The topological polar surface area (TPSA) is 151 Å². The van der Waals surface area contributed by atoms with Gasteiger partial charge in [0.15, 0.2) is 0 Å². The molecule has 0 aromatic heterocycles. The number of anilines is 2. The van der Waals surface area contributed by atoms with Crippen LogP contribution in [0.4, 0.5) is 21.0 Å². The monoisotopic (exact) mass is 368 g/mol. The van der Waals surface area contributed by atoms with E-state index in [1.165, 1.54) is 48.5 Å². The molecule has 0 aliphatic carbocycles. The fraction of sp³-hybridized carbons (Fsp3) is 0. The Morgan fingerprint density at radius 2 is 0.957 bits per heavy atom. The summed E-state index contributed by atoms with van der Waals surface area (Å²) < 4.78 is 8.44. The average molecular weight is 370 g/mol. The van der Waals surface area contributed by atoms with Gasteiger partial charge in [0.1, 0.15) is 0 Å². The largest absolute Gasteiger partial charge is 2.00 e. The Bertz CT molecular complexity index is 573. The Hall–Kier alpha value is -2.80. The van der Waals surface area contributed by atoms with Crippen molar-refractivity contribution in [3.63, 3.8) is 0 Å². The standard InChI is InChI=1S/2C7H7NO3.Zn/c2*8-5-1-3-6(4-2-5)11-7(9)10;/h2*1-4H,8H2,(H,9,10);/q;;+2/p-2. The van der Waals surface area contributed by atoms with Gasteiger partial charge in [0.05, 0.1) is 11.5 Å². The summed E-state index contributed by atoms with van der Waals surface area (Å²) in [5, 5.41) is 19.8. The molecule has 116 valence electrons. The van der Waals surface area contributed by atoms with Gasteiger partial charge in [-0.05, 0) is 48.5 Å². The third kappa shape index (κ3) is 8.95. The zero-order valence-corrected chi connectivity index (χ0v) is 14.9. The van der Waals surface area contributed by atoms with Gasteiger partial charge in [-0.1, -0.05) is 0 Å². The van der Waals surface area contributed by atoms with E-state index >= 15 is 0 Å². The van der Waals surface area contributed by atoms with E-state index in [4.69, 9.17) is 11.5 Å². The first-order valence-electron chi connectivity index (χ1n) is 5.85. The number of rotatable bonds is 2. The number of carboxylic acid groups (broad SMARTS) is 2. The molecule has 23 heavy (non-hydrogen) atoms. The molecule has 0 radical (unpaired) electrons. The summed E-state index contributed by atoms with van der Waals surface area (Å²) in [6.45, 7) is 0. The van der Waals surface area contributed by atoms with Crippen LogP contribution in [0.2, 0.25) is 0 Å². The second-order valence-electron chi connectivity index (χ2n) is 3.84. The fourth-order valence-electron chi connectivity index (χ4n) is 1.26. The van der Waals surface area contributed by atoms with E-state index < -0.39 is 12.3 Å². The molecule has 0 unspecified atom stereocenters. The van der Waals surface area contributed by atoms with Crippen molar-refractivity contribution in [3.05, 3.63) is 48.5 Å². The number of benzene rings is 2. The fourth-order valence-corrected chi connectivity index (χ4v) is 1.26. The van der Waals surface area contributed by atoms with Crippen molar-refractivity contribution in [2.75, 3.05) is 11.5 Å². The van der Waals surface area contributed by atoms with Gasteiger partial charge in [-0.15, -0.1) is 0 Å². The normalized spacial score (nSPS) is 8.70. The van der Waals surface area contributed by atoms with E-state index in [2.05, 4.69) is 9.47 Å². The third-order valence-electron chi connectivity index (χ3n) is 2.16. The van der Waals surface area contributed by atoms with E-state index in [9.17, 15) is 19.8 Å². The molecule has 0 fully saturated rings. The second kappa shape index (κ2) is 10.0. The summed E-state index contributed by atoms with van der Waals surface area (Å²) >= 11 is 0. The van der Waals surface area contributed by atoms with Crippen molar-refractivity contribution in [1.82, 2.24) is 0 Å². The van der Waals surface area contributed by atoms with Crippen molar-refractivity contribution in [3.8, 4) is 11.5 Å². The van der Waals surface area contributed by atoms with Gasteiger partial charge in [-0.2, -0.15) is 0 Å². The van der Waals surface area contributed by atoms with Crippen LogP contribution in [0.25, 0.3) is 0 Å². The smallest absolute Gasteiger partial charge is 0.514 e. The number of carbonyl (C=O) groups is 2. The zero-order chi connectivity index (χ0) is 16.5. The predicted octanol–water partition coefficient (Wildman–Crippen LogP) is -0.0207. The van der Waals surface area contributed by atoms with E-state index in [0.29, 0.717) is 11.4 Å². The van der Waals surface area contributed by atoms with Crippen molar-refractivity contribution >= 4 is 23.7 Å². The SMILES string of the molecule is Nc1ccc(OC(=O)[O-])cc1.Nc1ccc(OC(=O)[O-])cc1.[Zn+2]. The number of ether oxygens (including phenoxy) is 2. The first-order valence-corrected chi connectivity index (χ1v) is 5.85. The van der Waals surface area contributed by atoms with E-state index in [1.807, 2.05) is 0 Å². The van der Waals surface area contributed by atoms with Crippen molar-refractivity contribution in [1.29, 1.82) is 0 Å². The average Bonchev–Trinajstić information content (AvgIpc) is 2.44. The maximum Gasteiger partial charge on any atom is 2.00 e. The molecule has 2 aromatic carbocycles. The molecule has 0 spiro atoms. The number of hydrogen-bond acceptors (Lipinski definition) is 8. The van der Waals surface area contributed by atoms with Crippen LogP contribution in [0.3, 0.4) is 0 Å². The predicted molar refractivity (Wildman–Crippen MR) is 73.8 cm³/mol. The summed E-state index contributed by atoms with van der Waals surface area (Å²) in [5.74, 6) is 0.415. The molecule has 2 rings (SSSR count). The minimum Gasteiger partial charge on any atom is -0.514 e. The first-order chi connectivity index (χ1) is 10.4. The molecule has 4 N–H and O–H groups in total. The van der Waals surface area contributed by atoms with Crippen LogP contribution < -0.4 is 31.2 Å². The van der Waals surface area contributed by atoms with Gasteiger partial charge in [0.25, 0.3) is 12.3 Å². The second-order valence-corrected chi connectivity index (χ2v) is 3.84. The molecule has 0 saturated heterocycles. The molecule has 8 nitrogen and oxygen atoms in total. The Morgan fingerprint density at radius 1 is 0.696 bits per heavy atom. The van der Waals surface area contributed by atoms with Gasteiger partial charge in [-0.25, -0.2) is 0 Å². The molecule has 0 bridgehead atoms. The van der Waals surface area contributed by atoms with Crippen molar-refractivity contribution in [2.24, 2.45) is 0 Å². The van der Waals surface area contributed by atoms with E-state index in [1.54, 1.807) is 0 Å². The number of nitrogens with two attached hydrogens (primary N) is 2. The number of hydrogen-bond donors (Lipinski definition) is 2. The molecule has 2 aromatic rings. The molecule has 0 amide bonds. The zero-order valence-electron chi connectivity index (χ0n) is 11.9. The van der Waals surface area contributed by atoms with Crippen LogP contribution in [-0.4, -0.2) is 12.3 Å². The third-order valence-corrected chi connectivity index (χ3v) is 2.16. The number of nitrogen functional groups attached to an aromatic ring is 2. The molecule has 0 saturated carbocycles. The van der Waals surface area contributed by atoms with Crippen LogP contribution in [0, 0.1) is 0 Å². The van der Waals surface area contributed by atoms with Gasteiger partial charge < -0.3 is 40.7 Å². The summed E-state index contributed by atoms with van der Waals surface area (Å²) in [7, 11) is 0. The molecule has 9 heteroatoms. The molecule has 0 atom stereocenters. The summed E-state index contributed by atoms with van der Waals surface area (Å²) in [6, 6.07) is 12.0. The maximum atomic E-state index is 9.89. The van der Waals surface area contributed by atoms with Crippen molar-refractivity contribution < 1.29 is 48.8 Å².